The molecule has 0 aliphatic carbocycles. The topological polar surface area (TPSA) is 51.4 Å². The lowest BCUT2D eigenvalue weighted by Crippen LogP contribution is -2.08. The number of aromatic nitrogens is 1. The molecule has 0 atom stereocenters. The first-order valence-electron chi connectivity index (χ1n) is 5.14. The zero-order valence-electron chi connectivity index (χ0n) is 9.23. The lowest BCUT2D eigenvalue weighted by molar-refractivity contribution is 0.785. The number of nitroso groups, excluding NO2 is 1. The third-order valence-electron chi connectivity index (χ3n) is 2.69. The van der Waals surface area contributed by atoms with Crippen molar-refractivity contribution in [3.05, 3.63) is 45.1 Å². The number of nitrogens with zero attached hydrogens (tertiary/aromatic N) is 2. The maximum absolute atomic E-state index is 11.7. The molecule has 0 N–H and O–H groups in total. The molecule has 0 aliphatic heterocycles. The zero-order valence-corrected chi connectivity index (χ0v) is 9.23. The normalized spacial score (nSPS) is 10.6. The Morgan fingerprint density at radius 1 is 1.38 bits per heavy atom. The molecule has 0 saturated heterocycles. The van der Waals surface area contributed by atoms with Crippen LogP contribution in [-0.4, -0.2) is 4.57 Å². The van der Waals surface area contributed by atoms with Gasteiger partial charge in [-0.1, -0.05) is 0 Å². The van der Waals surface area contributed by atoms with Gasteiger partial charge in [-0.25, -0.2) is 0 Å². The molecular formula is C12H12N2O2. The van der Waals surface area contributed by atoms with Gasteiger partial charge >= 0.3 is 0 Å². The van der Waals surface area contributed by atoms with E-state index in [1.165, 1.54) is 6.07 Å². The average molecular weight is 216 g/mol. The summed E-state index contributed by atoms with van der Waals surface area (Å²) in [5.41, 5.74) is 2.00. The van der Waals surface area contributed by atoms with E-state index in [1.807, 2.05) is 18.4 Å². The molecule has 4 nitrogen and oxygen atoms in total. The van der Waals surface area contributed by atoms with Gasteiger partial charge in [0.2, 0.25) is 0 Å². The number of hydrogen-bond donors (Lipinski definition) is 0. The molecule has 1 aromatic carbocycles. The summed E-state index contributed by atoms with van der Waals surface area (Å²) < 4.78 is 1.99. The van der Waals surface area contributed by atoms with Crippen LogP contribution < -0.4 is 5.43 Å². The van der Waals surface area contributed by atoms with Crippen molar-refractivity contribution in [2.45, 2.75) is 20.4 Å². The van der Waals surface area contributed by atoms with E-state index in [0.717, 1.165) is 17.6 Å². The molecule has 0 bridgehead atoms. The highest BCUT2D eigenvalue weighted by atomic mass is 16.3. The molecule has 0 radical (unpaired) electrons. The summed E-state index contributed by atoms with van der Waals surface area (Å²) >= 11 is 0. The first-order chi connectivity index (χ1) is 7.67. The number of hydrogen-bond acceptors (Lipinski definition) is 3. The van der Waals surface area contributed by atoms with E-state index in [2.05, 4.69) is 5.18 Å². The van der Waals surface area contributed by atoms with Crippen LogP contribution in [0.25, 0.3) is 10.9 Å². The van der Waals surface area contributed by atoms with Crippen LogP contribution in [0.3, 0.4) is 0 Å². The van der Waals surface area contributed by atoms with Gasteiger partial charge in [-0.15, -0.1) is 4.91 Å². The van der Waals surface area contributed by atoms with Crippen molar-refractivity contribution in [3.63, 3.8) is 0 Å². The van der Waals surface area contributed by atoms with Gasteiger partial charge in [0.1, 0.15) is 5.69 Å². The fourth-order valence-corrected chi connectivity index (χ4v) is 1.97. The predicted molar refractivity (Wildman–Crippen MR) is 64.1 cm³/mol. The lowest BCUT2D eigenvalue weighted by Gasteiger charge is -2.10. The minimum Gasteiger partial charge on any atom is -0.347 e. The molecule has 2 rings (SSSR count). The molecule has 0 amide bonds. The van der Waals surface area contributed by atoms with E-state index in [1.54, 1.807) is 18.3 Å². The molecule has 2 aromatic rings. The van der Waals surface area contributed by atoms with E-state index in [4.69, 9.17) is 0 Å². The van der Waals surface area contributed by atoms with Crippen molar-refractivity contribution in [2.75, 3.05) is 0 Å². The largest absolute Gasteiger partial charge is 0.347 e. The minimum absolute atomic E-state index is 0.0756. The van der Waals surface area contributed by atoms with Crippen LogP contribution in [0.4, 0.5) is 5.69 Å². The van der Waals surface area contributed by atoms with Crippen LogP contribution in [0.1, 0.15) is 12.5 Å². The van der Waals surface area contributed by atoms with Gasteiger partial charge < -0.3 is 4.57 Å². The molecule has 0 unspecified atom stereocenters. The van der Waals surface area contributed by atoms with Crippen LogP contribution >= 0.6 is 0 Å². The maximum Gasteiger partial charge on any atom is 0.189 e. The Balaban J connectivity index is 2.97. The molecule has 82 valence electrons. The average Bonchev–Trinajstić information content (AvgIpc) is 2.30. The summed E-state index contributed by atoms with van der Waals surface area (Å²) in [7, 11) is 0. The highest BCUT2D eigenvalue weighted by molar-refractivity contribution is 5.85. The lowest BCUT2D eigenvalue weighted by atomic mass is 10.1. The first kappa shape index (κ1) is 10.5. The monoisotopic (exact) mass is 216 g/mol. The number of pyridine rings is 1. The predicted octanol–water partition coefficient (Wildman–Crippen LogP) is 2.73. The van der Waals surface area contributed by atoms with Crippen molar-refractivity contribution in [1.29, 1.82) is 0 Å². The van der Waals surface area contributed by atoms with Crippen LogP contribution in [0, 0.1) is 11.8 Å². The van der Waals surface area contributed by atoms with Crippen molar-refractivity contribution < 1.29 is 0 Å². The molecule has 4 heteroatoms. The van der Waals surface area contributed by atoms with Crippen LogP contribution in [0.15, 0.2) is 34.4 Å². The Labute approximate surface area is 92.5 Å². The smallest absolute Gasteiger partial charge is 0.189 e. The highest BCUT2D eigenvalue weighted by Crippen LogP contribution is 2.22. The first-order valence-corrected chi connectivity index (χ1v) is 5.14. The zero-order chi connectivity index (χ0) is 11.7. The number of aryl methyl sites for hydroxylation is 2. The molecule has 0 spiro atoms. The SMILES string of the molecule is CCn1ccc(=O)c2cc(N=O)cc(C)c21. The van der Waals surface area contributed by atoms with Crippen LogP contribution in [0.2, 0.25) is 0 Å². The number of rotatable bonds is 2. The third kappa shape index (κ3) is 1.52. The van der Waals surface area contributed by atoms with Gasteiger partial charge in [-0.3, -0.25) is 4.79 Å². The summed E-state index contributed by atoms with van der Waals surface area (Å²) in [5.74, 6) is 0. The van der Waals surface area contributed by atoms with Crippen molar-refractivity contribution in [1.82, 2.24) is 4.57 Å². The molecular weight excluding hydrogens is 204 g/mol. The molecule has 0 aliphatic rings. The highest BCUT2D eigenvalue weighted by Gasteiger charge is 2.07. The summed E-state index contributed by atoms with van der Waals surface area (Å²) in [6.07, 6.45) is 1.77. The fourth-order valence-electron chi connectivity index (χ4n) is 1.97. The summed E-state index contributed by atoms with van der Waals surface area (Å²) in [4.78, 5) is 22.2. The molecule has 0 saturated carbocycles. The summed E-state index contributed by atoms with van der Waals surface area (Å²) in [6.45, 7) is 4.67. The summed E-state index contributed by atoms with van der Waals surface area (Å²) in [5, 5.41) is 3.43. The van der Waals surface area contributed by atoms with E-state index >= 15 is 0 Å². The maximum atomic E-state index is 11.7. The van der Waals surface area contributed by atoms with E-state index < -0.39 is 0 Å². The molecule has 1 heterocycles. The van der Waals surface area contributed by atoms with E-state index in [0.29, 0.717) is 11.1 Å². The van der Waals surface area contributed by atoms with Crippen LogP contribution in [0.5, 0.6) is 0 Å². The van der Waals surface area contributed by atoms with Crippen molar-refractivity contribution in [2.24, 2.45) is 5.18 Å². The van der Waals surface area contributed by atoms with Gasteiger partial charge in [-0.05, 0) is 36.7 Å². The Bertz CT molecular complexity index is 614. The standard InChI is InChI=1S/C12H12N2O2/c1-3-14-5-4-11(15)10-7-9(13-16)6-8(2)12(10)14/h4-7H,3H2,1-2H3. The Hall–Kier alpha value is -1.97. The third-order valence-corrected chi connectivity index (χ3v) is 2.69. The summed E-state index contributed by atoms with van der Waals surface area (Å²) in [6, 6.07) is 4.75. The number of benzene rings is 1. The minimum atomic E-state index is -0.0756. The van der Waals surface area contributed by atoms with Gasteiger partial charge in [0, 0.05) is 24.2 Å². The molecule has 16 heavy (non-hydrogen) atoms. The van der Waals surface area contributed by atoms with Crippen molar-refractivity contribution >= 4 is 16.6 Å². The quantitative estimate of drug-likeness (QED) is 0.725. The second-order valence-electron chi connectivity index (χ2n) is 3.72. The second-order valence-corrected chi connectivity index (χ2v) is 3.72. The second kappa shape index (κ2) is 3.89. The fraction of sp³-hybridized carbons (Fsp3) is 0.250. The molecule has 1 aromatic heterocycles. The van der Waals surface area contributed by atoms with Gasteiger partial charge in [0.05, 0.1) is 5.52 Å². The Kier molecular flexibility index (Phi) is 2.56. The van der Waals surface area contributed by atoms with Gasteiger partial charge in [0.15, 0.2) is 5.43 Å². The van der Waals surface area contributed by atoms with Gasteiger partial charge in [-0.2, -0.15) is 0 Å². The van der Waals surface area contributed by atoms with E-state index in [9.17, 15) is 9.70 Å². The van der Waals surface area contributed by atoms with Crippen molar-refractivity contribution in [3.8, 4) is 0 Å². The Morgan fingerprint density at radius 2 is 2.12 bits per heavy atom. The Morgan fingerprint density at radius 3 is 2.75 bits per heavy atom. The number of fused-ring (bicyclic) bond motifs is 1. The molecule has 0 fully saturated rings. The van der Waals surface area contributed by atoms with Crippen LogP contribution in [-0.2, 0) is 6.54 Å². The van der Waals surface area contributed by atoms with E-state index in [-0.39, 0.29) is 5.43 Å². The van der Waals surface area contributed by atoms with Gasteiger partial charge in [0.25, 0.3) is 0 Å².